The number of rotatable bonds is 5. The number of esters is 1. The maximum Gasteiger partial charge on any atom is 0.331 e. The Kier molecular flexibility index (Phi) is 6.26. The van der Waals surface area contributed by atoms with E-state index in [-0.39, 0.29) is 0 Å². The first kappa shape index (κ1) is 17.6. The Balaban J connectivity index is 2.03. The summed E-state index contributed by atoms with van der Waals surface area (Å²) in [6.07, 6.45) is -3.37. The van der Waals surface area contributed by atoms with Gasteiger partial charge in [0.2, 0.25) is 0 Å². The zero-order chi connectivity index (χ0) is 16.8. The van der Waals surface area contributed by atoms with Crippen LogP contribution in [0.15, 0.2) is 36.4 Å². The molecule has 0 spiro atoms. The highest BCUT2D eigenvalue weighted by atomic mass is 16.7. The molecule has 7 nitrogen and oxygen atoms in total. The first-order chi connectivity index (χ1) is 11.1. The van der Waals surface area contributed by atoms with Crippen molar-refractivity contribution in [2.45, 2.75) is 30.7 Å². The number of hydrogen-bond donors (Lipinski definition) is 3. The number of hydrogen-bond acceptors (Lipinski definition) is 7. The summed E-state index contributed by atoms with van der Waals surface area (Å²) in [4.78, 5) is 11.9. The second-order valence-corrected chi connectivity index (χ2v) is 5.09. The lowest BCUT2D eigenvalue weighted by molar-refractivity contribution is -0.296. The van der Waals surface area contributed by atoms with E-state index in [2.05, 4.69) is 0 Å². The Bertz CT molecular complexity index is 514. The number of ether oxygens (including phenoxy) is 3. The summed E-state index contributed by atoms with van der Waals surface area (Å²) in [5, 5.41) is 29.3. The summed E-state index contributed by atoms with van der Waals surface area (Å²) < 4.78 is 15.2. The number of carbonyl (C=O) groups excluding carboxylic acids is 1. The van der Waals surface area contributed by atoms with E-state index >= 15 is 0 Å². The van der Waals surface area contributed by atoms with Gasteiger partial charge in [0.25, 0.3) is 0 Å². The monoisotopic (exact) mass is 324 g/mol. The van der Waals surface area contributed by atoms with Gasteiger partial charge in [0.05, 0.1) is 6.61 Å². The van der Waals surface area contributed by atoms with Crippen molar-refractivity contribution < 1.29 is 34.3 Å². The SMILES string of the molecule is CO[C@H]1O[C@H](CO)[C@@H](O)[C@H](OC(=O)/C=C/c2ccccc2)[C@H]1O. The lowest BCUT2D eigenvalue weighted by atomic mass is 9.99. The van der Waals surface area contributed by atoms with Crippen molar-refractivity contribution in [2.24, 2.45) is 0 Å². The number of benzene rings is 1. The highest BCUT2D eigenvalue weighted by Gasteiger charge is 2.46. The molecule has 0 saturated carbocycles. The fourth-order valence-corrected chi connectivity index (χ4v) is 2.29. The third-order valence-electron chi connectivity index (χ3n) is 3.52. The lowest BCUT2D eigenvalue weighted by Crippen LogP contribution is -2.60. The van der Waals surface area contributed by atoms with Crippen LogP contribution in [0.25, 0.3) is 6.08 Å². The maximum absolute atomic E-state index is 11.9. The fourth-order valence-electron chi connectivity index (χ4n) is 2.29. The van der Waals surface area contributed by atoms with Crippen LogP contribution in [0.5, 0.6) is 0 Å². The highest BCUT2D eigenvalue weighted by Crippen LogP contribution is 2.24. The Hall–Kier alpha value is -1.77. The molecule has 0 amide bonds. The van der Waals surface area contributed by atoms with Gasteiger partial charge in [-0.25, -0.2) is 4.79 Å². The molecule has 2 rings (SSSR count). The molecule has 1 aliphatic heterocycles. The Labute approximate surface area is 133 Å². The van der Waals surface area contributed by atoms with Crippen molar-refractivity contribution in [1.82, 2.24) is 0 Å². The van der Waals surface area contributed by atoms with Crippen LogP contribution in [-0.4, -0.2) is 65.7 Å². The van der Waals surface area contributed by atoms with Gasteiger partial charge in [0, 0.05) is 13.2 Å². The zero-order valence-corrected chi connectivity index (χ0v) is 12.6. The molecule has 1 saturated heterocycles. The molecule has 0 bridgehead atoms. The van der Waals surface area contributed by atoms with E-state index in [1.54, 1.807) is 6.08 Å². The molecule has 0 aromatic heterocycles. The van der Waals surface area contributed by atoms with Crippen LogP contribution >= 0.6 is 0 Å². The lowest BCUT2D eigenvalue weighted by Gasteiger charge is -2.40. The molecule has 0 unspecified atom stereocenters. The van der Waals surface area contributed by atoms with Crippen LogP contribution < -0.4 is 0 Å². The molecule has 0 radical (unpaired) electrons. The third-order valence-corrected chi connectivity index (χ3v) is 3.52. The third kappa shape index (κ3) is 4.37. The van der Waals surface area contributed by atoms with Crippen LogP contribution in [0.4, 0.5) is 0 Å². The molecule has 3 N–H and O–H groups in total. The van der Waals surface area contributed by atoms with Crippen molar-refractivity contribution in [3.8, 4) is 0 Å². The molecule has 23 heavy (non-hydrogen) atoms. The number of methoxy groups -OCH3 is 1. The van der Waals surface area contributed by atoms with Gasteiger partial charge in [0.1, 0.15) is 18.3 Å². The van der Waals surface area contributed by atoms with Crippen LogP contribution in [0.3, 0.4) is 0 Å². The second kappa shape index (κ2) is 8.19. The van der Waals surface area contributed by atoms with Crippen LogP contribution in [0.1, 0.15) is 5.56 Å². The Morgan fingerprint density at radius 3 is 2.57 bits per heavy atom. The smallest absolute Gasteiger partial charge is 0.331 e. The summed E-state index contributed by atoms with van der Waals surface area (Å²) in [5.41, 5.74) is 0.806. The largest absolute Gasteiger partial charge is 0.453 e. The average Bonchev–Trinajstić information content (AvgIpc) is 2.58. The van der Waals surface area contributed by atoms with Gasteiger partial charge in [-0.2, -0.15) is 0 Å². The Morgan fingerprint density at radius 1 is 1.26 bits per heavy atom. The van der Waals surface area contributed by atoms with Gasteiger partial charge < -0.3 is 29.5 Å². The molecule has 1 heterocycles. The summed E-state index contributed by atoms with van der Waals surface area (Å²) in [7, 11) is 1.30. The molecule has 1 aromatic carbocycles. The normalized spacial score (nSPS) is 31.2. The van der Waals surface area contributed by atoms with E-state index in [1.807, 2.05) is 30.3 Å². The van der Waals surface area contributed by atoms with E-state index in [0.717, 1.165) is 5.56 Å². The quantitative estimate of drug-likeness (QED) is 0.504. The first-order valence-corrected chi connectivity index (χ1v) is 7.15. The average molecular weight is 324 g/mol. The maximum atomic E-state index is 11.9. The van der Waals surface area contributed by atoms with Crippen molar-refractivity contribution in [3.63, 3.8) is 0 Å². The first-order valence-electron chi connectivity index (χ1n) is 7.15. The topological polar surface area (TPSA) is 105 Å². The zero-order valence-electron chi connectivity index (χ0n) is 12.6. The molecular weight excluding hydrogens is 304 g/mol. The Morgan fingerprint density at radius 2 is 1.96 bits per heavy atom. The van der Waals surface area contributed by atoms with E-state index in [0.29, 0.717) is 0 Å². The van der Waals surface area contributed by atoms with Crippen LogP contribution in [0.2, 0.25) is 0 Å². The summed E-state index contributed by atoms with van der Waals surface area (Å²) in [5.74, 6) is -0.731. The summed E-state index contributed by atoms with van der Waals surface area (Å²) >= 11 is 0. The molecule has 126 valence electrons. The molecule has 1 fully saturated rings. The van der Waals surface area contributed by atoms with Gasteiger partial charge in [-0.3, -0.25) is 0 Å². The molecule has 1 aliphatic rings. The molecule has 5 atom stereocenters. The van der Waals surface area contributed by atoms with Crippen LogP contribution in [-0.2, 0) is 19.0 Å². The van der Waals surface area contributed by atoms with Gasteiger partial charge in [-0.1, -0.05) is 30.3 Å². The van der Waals surface area contributed by atoms with Crippen LogP contribution in [0, 0.1) is 0 Å². The molecule has 1 aromatic rings. The molecule has 0 aliphatic carbocycles. The number of carbonyl (C=O) groups is 1. The molecular formula is C16H20O7. The van der Waals surface area contributed by atoms with Gasteiger partial charge in [-0.05, 0) is 11.6 Å². The van der Waals surface area contributed by atoms with E-state index in [1.165, 1.54) is 13.2 Å². The predicted octanol–water partition coefficient (Wildman–Crippen LogP) is -0.303. The highest BCUT2D eigenvalue weighted by molar-refractivity contribution is 5.87. The van der Waals surface area contributed by atoms with E-state index in [4.69, 9.17) is 14.2 Å². The predicted molar refractivity (Wildman–Crippen MR) is 80.1 cm³/mol. The van der Waals surface area contributed by atoms with Crippen molar-refractivity contribution in [1.29, 1.82) is 0 Å². The van der Waals surface area contributed by atoms with Crippen molar-refractivity contribution in [2.75, 3.05) is 13.7 Å². The van der Waals surface area contributed by atoms with E-state index < -0.39 is 43.3 Å². The van der Waals surface area contributed by atoms with Gasteiger partial charge >= 0.3 is 5.97 Å². The van der Waals surface area contributed by atoms with Crippen molar-refractivity contribution >= 4 is 12.0 Å². The second-order valence-electron chi connectivity index (χ2n) is 5.09. The number of aliphatic hydroxyl groups excluding tert-OH is 3. The van der Waals surface area contributed by atoms with Crippen molar-refractivity contribution in [3.05, 3.63) is 42.0 Å². The summed E-state index contributed by atoms with van der Waals surface area (Å²) in [6.45, 7) is -0.498. The summed E-state index contributed by atoms with van der Waals surface area (Å²) in [6, 6.07) is 9.12. The minimum Gasteiger partial charge on any atom is -0.453 e. The molecule has 7 heteroatoms. The minimum absolute atomic E-state index is 0.498. The van der Waals surface area contributed by atoms with Gasteiger partial charge in [-0.15, -0.1) is 0 Å². The van der Waals surface area contributed by atoms with E-state index in [9.17, 15) is 20.1 Å². The van der Waals surface area contributed by atoms with Gasteiger partial charge in [0.15, 0.2) is 12.4 Å². The fraction of sp³-hybridized carbons (Fsp3) is 0.438. The number of aliphatic hydroxyl groups is 3. The standard InChI is InChI=1S/C16H20O7/c1-21-16-14(20)15(13(19)11(9-17)22-16)23-12(18)8-7-10-5-3-2-4-6-10/h2-8,11,13-17,19-20H,9H2,1H3/b8-7+/t11-,13-,14-,15+,16+/m1/s1. The minimum atomic E-state index is -1.37.